The van der Waals surface area contributed by atoms with E-state index in [4.69, 9.17) is 4.74 Å². The number of rotatable bonds is 5. The monoisotopic (exact) mass is 272 g/mol. The smallest absolute Gasteiger partial charge is 0.214 e. The molecule has 0 aromatic rings. The van der Waals surface area contributed by atoms with Crippen LogP contribution >= 0.6 is 12.4 Å². The summed E-state index contributed by atoms with van der Waals surface area (Å²) >= 11 is 0. The van der Waals surface area contributed by atoms with E-state index in [1.807, 2.05) is 0 Å². The number of hydrogen-bond acceptors (Lipinski definition) is 4. The Bertz CT molecular complexity index is 278. The third-order valence-electron chi connectivity index (χ3n) is 2.50. The Morgan fingerprint density at radius 2 is 2.25 bits per heavy atom. The molecule has 1 aliphatic rings. The fourth-order valence-electron chi connectivity index (χ4n) is 1.63. The van der Waals surface area contributed by atoms with E-state index < -0.39 is 10.0 Å². The highest BCUT2D eigenvalue weighted by atomic mass is 35.5. The lowest BCUT2D eigenvalue weighted by Gasteiger charge is -2.24. The number of hydrogen-bond donors (Lipinski definition) is 2. The molecule has 1 fully saturated rings. The molecule has 1 saturated heterocycles. The molecule has 0 aromatic carbocycles. The van der Waals surface area contributed by atoms with E-state index in [9.17, 15) is 8.42 Å². The summed E-state index contributed by atoms with van der Waals surface area (Å²) in [6.07, 6.45) is 1.67. The van der Waals surface area contributed by atoms with E-state index >= 15 is 0 Å². The minimum Gasteiger partial charge on any atom is -0.381 e. The maximum atomic E-state index is 11.6. The normalized spacial score (nSPS) is 23.5. The van der Waals surface area contributed by atoms with Crippen molar-refractivity contribution in [3.05, 3.63) is 0 Å². The molecule has 0 aromatic heterocycles. The van der Waals surface area contributed by atoms with Crippen molar-refractivity contribution in [1.29, 1.82) is 0 Å². The second-order valence-electron chi connectivity index (χ2n) is 3.99. The molecule has 2 atom stereocenters. The van der Waals surface area contributed by atoms with E-state index in [1.165, 1.54) is 7.11 Å². The quantitative estimate of drug-likeness (QED) is 0.746. The molecule has 2 N–H and O–H groups in total. The van der Waals surface area contributed by atoms with Crippen LogP contribution in [0.2, 0.25) is 0 Å². The summed E-state index contributed by atoms with van der Waals surface area (Å²) in [5.41, 5.74) is 0. The Balaban J connectivity index is 0.00000225. The topological polar surface area (TPSA) is 67.4 Å². The van der Waals surface area contributed by atoms with Gasteiger partial charge in [-0.2, -0.15) is 0 Å². The van der Waals surface area contributed by atoms with Gasteiger partial charge in [-0.1, -0.05) is 0 Å². The van der Waals surface area contributed by atoms with Gasteiger partial charge in [0, 0.05) is 19.7 Å². The maximum Gasteiger partial charge on any atom is 0.214 e. The number of nitrogens with one attached hydrogen (secondary N) is 2. The summed E-state index contributed by atoms with van der Waals surface area (Å²) in [7, 11) is -1.69. The van der Waals surface area contributed by atoms with Gasteiger partial charge in [-0.15, -0.1) is 12.4 Å². The summed E-state index contributed by atoms with van der Waals surface area (Å²) in [4.78, 5) is 0. The zero-order valence-corrected chi connectivity index (χ0v) is 11.4. The van der Waals surface area contributed by atoms with Crippen molar-refractivity contribution >= 4 is 22.4 Å². The zero-order valence-electron chi connectivity index (χ0n) is 9.73. The SMILES string of the molecule is COC(C)CS(=O)(=O)N[C@H]1CCCNC1.Cl. The number of sulfonamides is 1. The van der Waals surface area contributed by atoms with E-state index in [0.717, 1.165) is 25.9 Å². The molecule has 5 nitrogen and oxygen atoms in total. The van der Waals surface area contributed by atoms with Gasteiger partial charge in [-0.25, -0.2) is 13.1 Å². The van der Waals surface area contributed by atoms with Gasteiger partial charge in [0.25, 0.3) is 0 Å². The predicted molar refractivity (Wildman–Crippen MR) is 66.5 cm³/mol. The highest BCUT2D eigenvalue weighted by Crippen LogP contribution is 2.04. The molecule has 0 aliphatic carbocycles. The van der Waals surface area contributed by atoms with Crippen molar-refractivity contribution in [3.8, 4) is 0 Å². The molecular weight excluding hydrogens is 252 g/mol. The Morgan fingerprint density at radius 3 is 2.75 bits per heavy atom. The predicted octanol–water partition coefficient (Wildman–Crippen LogP) is 0.115. The second kappa shape index (κ2) is 7.45. The largest absolute Gasteiger partial charge is 0.381 e. The average Bonchev–Trinajstić information content (AvgIpc) is 2.17. The molecule has 0 bridgehead atoms. The Hall–Kier alpha value is 0.120. The van der Waals surface area contributed by atoms with Gasteiger partial charge >= 0.3 is 0 Å². The summed E-state index contributed by atoms with van der Waals surface area (Å²) in [6, 6.07) is 0.0350. The van der Waals surface area contributed by atoms with Crippen molar-refractivity contribution in [2.24, 2.45) is 0 Å². The van der Waals surface area contributed by atoms with Crippen LogP contribution in [0.5, 0.6) is 0 Å². The van der Waals surface area contributed by atoms with Gasteiger partial charge in [-0.05, 0) is 26.3 Å². The lowest BCUT2D eigenvalue weighted by atomic mass is 10.1. The highest BCUT2D eigenvalue weighted by Gasteiger charge is 2.21. The van der Waals surface area contributed by atoms with Gasteiger partial charge in [-0.3, -0.25) is 0 Å². The van der Waals surface area contributed by atoms with Crippen LogP contribution in [0.25, 0.3) is 0 Å². The molecular formula is C9H21ClN2O3S. The lowest BCUT2D eigenvalue weighted by Crippen LogP contribution is -2.47. The molecule has 0 radical (unpaired) electrons. The first kappa shape index (κ1) is 16.1. The van der Waals surface area contributed by atoms with Crippen LogP contribution < -0.4 is 10.0 Å². The first-order valence-corrected chi connectivity index (χ1v) is 6.92. The third kappa shape index (κ3) is 6.00. The van der Waals surface area contributed by atoms with E-state index in [0.29, 0.717) is 0 Å². The third-order valence-corrected chi connectivity index (χ3v) is 4.10. The first-order valence-electron chi connectivity index (χ1n) is 5.27. The fraction of sp³-hybridized carbons (Fsp3) is 1.00. The van der Waals surface area contributed by atoms with Crippen LogP contribution in [-0.4, -0.2) is 46.5 Å². The minimum absolute atomic E-state index is 0. The highest BCUT2D eigenvalue weighted by molar-refractivity contribution is 7.89. The molecule has 7 heteroatoms. The molecule has 98 valence electrons. The second-order valence-corrected chi connectivity index (χ2v) is 5.79. The minimum atomic E-state index is -3.21. The first-order chi connectivity index (χ1) is 7.03. The van der Waals surface area contributed by atoms with Crippen LogP contribution in [0, 0.1) is 0 Å². The van der Waals surface area contributed by atoms with Gasteiger partial charge in [0.15, 0.2) is 0 Å². The van der Waals surface area contributed by atoms with Crippen LogP contribution in [0.4, 0.5) is 0 Å². The van der Waals surface area contributed by atoms with Gasteiger partial charge in [0.1, 0.15) is 0 Å². The van der Waals surface area contributed by atoms with Crippen molar-refractivity contribution in [3.63, 3.8) is 0 Å². The van der Waals surface area contributed by atoms with Gasteiger partial charge < -0.3 is 10.1 Å². The van der Waals surface area contributed by atoms with E-state index in [2.05, 4.69) is 10.0 Å². The fourth-order valence-corrected chi connectivity index (χ4v) is 3.19. The Labute approximate surface area is 104 Å². The number of halogens is 1. The standard InChI is InChI=1S/C9H20N2O3S.ClH/c1-8(14-2)7-15(12,13)11-9-4-3-5-10-6-9;/h8-11H,3-7H2,1-2H3;1H/t8?,9-;/m0./s1. The number of piperidine rings is 1. The molecule has 16 heavy (non-hydrogen) atoms. The Kier molecular flexibility index (Phi) is 7.50. The zero-order chi connectivity index (χ0) is 11.3. The van der Waals surface area contributed by atoms with Gasteiger partial charge in [0.05, 0.1) is 11.9 Å². The van der Waals surface area contributed by atoms with E-state index in [1.54, 1.807) is 6.92 Å². The van der Waals surface area contributed by atoms with E-state index in [-0.39, 0.29) is 30.3 Å². The summed E-state index contributed by atoms with van der Waals surface area (Å²) in [5.74, 6) is 0.0278. The van der Waals surface area contributed by atoms with Crippen molar-refractivity contribution < 1.29 is 13.2 Å². The summed E-state index contributed by atoms with van der Waals surface area (Å²) in [5, 5.41) is 3.17. The van der Waals surface area contributed by atoms with Crippen molar-refractivity contribution in [2.45, 2.75) is 31.9 Å². The van der Waals surface area contributed by atoms with Crippen molar-refractivity contribution in [1.82, 2.24) is 10.0 Å². The number of methoxy groups -OCH3 is 1. The number of ether oxygens (including phenoxy) is 1. The van der Waals surface area contributed by atoms with Crippen molar-refractivity contribution in [2.75, 3.05) is 26.0 Å². The van der Waals surface area contributed by atoms with Crippen LogP contribution in [0.1, 0.15) is 19.8 Å². The molecule has 1 rings (SSSR count). The summed E-state index contributed by atoms with van der Waals surface area (Å²) < 4.78 is 30.9. The molecule has 1 unspecified atom stereocenters. The summed E-state index contributed by atoms with van der Waals surface area (Å²) in [6.45, 7) is 3.45. The molecule has 0 saturated carbocycles. The average molecular weight is 273 g/mol. The molecule has 1 heterocycles. The molecule has 1 aliphatic heterocycles. The van der Waals surface area contributed by atoms with Crippen LogP contribution in [0.15, 0.2) is 0 Å². The van der Waals surface area contributed by atoms with Crippen LogP contribution in [-0.2, 0) is 14.8 Å². The maximum absolute atomic E-state index is 11.6. The molecule has 0 amide bonds. The van der Waals surface area contributed by atoms with Gasteiger partial charge in [0.2, 0.25) is 10.0 Å². The molecule has 0 spiro atoms. The van der Waals surface area contributed by atoms with Crippen LogP contribution in [0.3, 0.4) is 0 Å². The lowest BCUT2D eigenvalue weighted by molar-refractivity contribution is 0.136. The Morgan fingerprint density at radius 1 is 1.56 bits per heavy atom.